The first kappa shape index (κ1) is 21.7. The number of hydrogen-bond donors (Lipinski definition) is 3. The molecule has 0 bridgehead atoms. The molecule has 1 aliphatic rings. The van der Waals surface area contributed by atoms with Crippen LogP contribution in [0.2, 0.25) is 0 Å². The van der Waals surface area contributed by atoms with E-state index in [9.17, 15) is 9.59 Å². The van der Waals surface area contributed by atoms with Gasteiger partial charge >= 0.3 is 0 Å². The molecule has 0 aromatic heterocycles. The van der Waals surface area contributed by atoms with E-state index in [0.717, 1.165) is 5.69 Å². The van der Waals surface area contributed by atoms with Crippen molar-refractivity contribution in [1.82, 2.24) is 0 Å². The van der Waals surface area contributed by atoms with Crippen LogP contribution in [0.5, 0.6) is 0 Å². The molecule has 4 rings (SSSR count). The molecule has 0 atom stereocenters. The van der Waals surface area contributed by atoms with Gasteiger partial charge in [-0.25, -0.2) is 0 Å². The summed E-state index contributed by atoms with van der Waals surface area (Å²) in [5.41, 5.74) is 15.3. The number of nitrogens with two attached hydrogens (primary N) is 2. The van der Waals surface area contributed by atoms with Crippen LogP contribution in [0.4, 0.5) is 22.7 Å². The summed E-state index contributed by atoms with van der Waals surface area (Å²) in [5.74, 6) is -0.445. The number of nitrogen functional groups attached to an aromatic ring is 2. The van der Waals surface area contributed by atoms with Crippen molar-refractivity contribution in [2.24, 2.45) is 0 Å². The summed E-state index contributed by atoms with van der Waals surface area (Å²) < 4.78 is 0. The number of carbonyl (C=O) groups is 2. The van der Waals surface area contributed by atoms with Crippen molar-refractivity contribution < 1.29 is 9.59 Å². The summed E-state index contributed by atoms with van der Waals surface area (Å²) >= 11 is 0. The molecule has 1 aliphatic carbocycles. The van der Waals surface area contributed by atoms with Crippen LogP contribution in [-0.2, 0) is 0 Å². The monoisotopic (exact) mass is 375 g/mol. The predicted octanol–water partition coefficient (Wildman–Crippen LogP) is 2.61. The number of nitrogens with one attached hydrogen (secondary N) is 1. The Morgan fingerprint density at radius 3 is 1.81 bits per heavy atom. The van der Waals surface area contributed by atoms with Gasteiger partial charge in [-0.2, -0.15) is 0 Å². The maximum absolute atomic E-state index is 13.0. The maximum atomic E-state index is 13.0. The molecule has 124 valence electrons. The van der Waals surface area contributed by atoms with Crippen LogP contribution in [0.3, 0.4) is 0 Å². The topological polar surface area (TPSA) is 98.2 Å². The van der Waals surface area contributed by atoms with Gasteiger partial charge in [0.05, 0.1) is 16.8 Å². The van der Waals surface area contributed by atoms with Gasteiger partial charge in [0.2, 0.25) is 0 Å². The minimum absolute atomic E-state index is 0. The Labute approximate surface area is 201 Å². The third-order valence-corrected chi connectivity index (χ3v) is 4.30. The summed E-state index contributed by atoms with van der Waals surface area (Å²) in [6, 6.07) is 17.3. The van der Waals surface area contributed by atoms with Gasteiger partial charge < -0.3 is 16.8 Å². The average Bonchev–Trinajstić information content (AvgIpc) is 2.63. The van der Waals surface area contributed by atoms with Crippen molar-refractivity contribution >= 4 is 93.4 Å². The molecule has 0 unspecified atom stereocenters. The van der Waals surface area contributed by atoms with Crippen molar-refractivity contribution in [1.29, 1.82) is 0 Å². The summed E-state index contributed by atoms with van der Waals surface area (Å²) in [6.45, 7) is 0. The number of anilines is 4. The number of fused-ring (bicyclic) bond motifs is 2. The van der Waals surface area contributed by atoms with E-state index in [2.05, 4.69) is 5.32 Å². The Morgan fingerprint density at radius 2 is 1.22 bits per heavy atom. The fourth-order valence-electron chi connectivity index (χ4n) is 3.07. The fraction of sp³-hybridized carbons (Fsp3) is 0. The molecule has 3 aromatic carbocycles. The van der Waals surface area contributed by atoms with Crippen LogP contribution >= 0.6 is 0 Å². The molecule has 0 aliphatic heterocycles. The summed E-state index contributed by atoms with van der Waals surface area (Å²) in [7, 11) is 0. The second-order valence-electron chi connectivity index (χ2n) is 5.90. The first-order valence-corrected chi connectivity index (χ1v) is 7.79. The molecule has 3 aromatic rings. The Morgan fingerprint density at radius 1 is 0.667 bits per heavy atom. The van der Waals surface area contributed by atoms with Crippen molar-refractivity contribution in [2.75, 3.05) is 16.8 Å². The molecule has 0 amide bonds. The first-order valence-electron chi connectivity index (χ1n) is 7.79. The van der Waals surface area contributed by atoms with E-state index in [1.54, 1.807) is 60.7 Å². The third-order valence-electron chi connectivity index (χ3n) is 4.30. The zero-order valence-corrected chi connectivity index (χ0v) is 19.2. The Hall–Kier alpha value is -1.60. The van der Waals surface area contributed by atoms with Crippen LogP contribution in [0.15, 0.2) is 60.7 Å². The average molecular weight is 375 g/mol. The smallest absolute Gasteiger partial charge is 0.196 e. The number of ketones is 2. The van der Waals surface area contributed by atoms with Crippen molar-refractivity contribution in [3.8, 4) is 0 Å². The van der Waals surface area contributed by atoms with E-state index >= 15 is 0 Å². The van der Waals surface area contributed by atoms with E-state index in [1.807, 2.05) is 0 Å². The molecule has 27 heavy (non-hydrogen) atoms. The SMILES string of the molecule is Nc1ccc(Nc2ccc(N)c3c2C(=O)c2ccccc2C3=O)cc1.[Na].[Na]. The zero-order chi connectivity index (χ0) is 17.6. The van der Waals surface area contributed by atoms with Crippen molar-refractivity contribution in [3.63, 3.8) is 0 Å². The van der Waals surface area contributed by atoms with Crippen LogP contribution in [-0.4, -0.2) is 70.7 Å². The zero-order valence-electron chi connectivity index (χ0n) is 15.2. The second-order valence-corrected chi connectivity index (χ2v) is 5.90. The van der Waals surface area contributed by atoms with Crippen LogP contribution < -0.4 is 16.8 Å². The minimum Gasteiger partial charge on any atom is -0.399 e. The van der Waals surface area contributed by atoms with E-state index < -0.39 is 0 Å². The van der Waals surface area contributed by atoms with E-state index in [-0.39, 0.29) is 76.2 Å². The molecule has 0 heterocycles. The van der Waals surface area contributed by atoms with Gasteiger partial charge in [-0.3, -0.25) is 9.59 Å². The van der Waals surface area contributed by atoms with E-state index in [4.69, 9.17) is 11.5 Å². The van der Waals surface area contributed by atoms with Crippen molar-refractivity contribution in [3.05, 3.63) is 82.9 Å². The largest absolute Gasteiger partial charge is 0.399 e. The molecule has 0 saturated heterocycles. The van der Waals surface area contributed by atoms with Gasteiger partial charge in [0.15, 0.2) is 11.6 Å². The summed E-state index contributed by atoms with van der Waals surface area (Å²) in [5, 5.41) is 3.18. The van der Waals surface area contributed by atoms with Gasteiger partial charge in [0.1, 0.15) is 0 Å². The predicted molar refractivity (Wildman–Crippen MR) is 110 cm³/mol. The van der Waals surface area contributed by atoms with Gasteiger partial charge in [-0.05, 0) is 36.4 Å². The normalized spacial score (nSPS) is 11.6. The number of benzene rings is 3. The van der Waals surface area contributed by atoms with E-state index in [0.29, 0.717) is 33.8 Å². The molecular weight excluding hydrogens is 360 g/mol. The van der Waals surface area contributed by atoms with Gasteiger partial charge in [-0.15, -0.1) is 0 Å². The number of hydrogen-bond acceptors (Lipinski definition) is 5. The van der Waals surface area contributed by atoms with Gasteiger partial charge in [0, 0.05) is 87.3 Å². The quantitative estimate of drug-likeness (QED) is 0.370. The van der Waals surface area contributed by atoms with Crippen LogP contribution in [0.1, 0.15) is 31.8 Å². The summed E-state index contributed by atoms with van der Waals surface area (Å²) in [6.07, 6.45) is 0. The molecule has 2 radical (unpaired) electrons. The molecule has 0 saturated carbocycles. The standard InChI is InChI=1S/C20H15N3O2.2Na/c21-11-5-7-12(8-6-11)23-16-10-9-15(22)17-18(16)20(25)14-4-2-1-3-13(14)19(17)24;;/h1-10,23H,21-22H2;;. The van der Waals surface area contributed by atoms with Crippen molar-refractivity contribution in [2.45, 2.75) is 0 Å². The van der Waals surface area contributed by atoms with Gasteiger partial charge in [-0.1, -0.05) is 24.3 Å². The molecular formula is C20H15N3Na2O2. The van der Waals surface area contributed by atoms with Crippen LogP contribution in [0.25, 0.3) is 0 Å². The van der Waals surface area contributed by atoms with E-state index in [1.165, 1.54) is 0 Å². The summed E-state index contributed by atoms with van der Waals surface area (Å²) in [4.78, 5) is 25.9. The molecule has 0 spiro atoms. The maximum Gasteiger partial charge on any atom is 0.196 e. The molecule has 5 N–H and O–H groups in total. The second kappa shape index (κ2) is 8.61. The third kappa shape index (κ3) is 3.85. The fourth-order valence-corrected chi connectivity index (χ4v) is 3.07. The van der Waals surface area contributed by atoms with Gasteiger partial charge in [0.25, 0.3) is 0 Å². The Bertz CT molecular complexity index is 1030. The van der Waals surface area contributed by atoms with Crippen LogP contribution in [0, 0.1) is 0 Å². The minimum atomic E-state index is -0.233. The molecule has 0 fully saturated rings. The Kier molecular flexibility index (Phi) is 6.92. The first-order chi connectivity index (χ1) is 12.1. The molecule has 5 nitrogen and oxygen atoms in total. The number of rotatable bonds is 2. The molecule has 7 heteroatoms. The Balaban J connectivity index is 0.00000131. The number of carbonyl (C=O) groups excluding carboxylic acids is 2.